The van der Waals surface area contributed by atoms with Crippen molar-refractivity contribution in [1.82, 2.24) is 31.2 Å². The Morgan fingerprint density at radius 2 is 0.516 bits per heavy atom. The molecule has 0 amide bonds. The summed E-state index contributed by atoms with van der Waals surface area (Å²) in [6, 6.07) is 36.5. The summed E-state index contributed by atoms with van der Waals surface area (Å²) in [6.45, 7) is 9.89. The Morgan fingerprint density at radius 3 is 0.742 bits per heavy atom. The van der Waals surface area contributed by atoms with E-state index in [-0.39, 0.29) is 38.9 Å². The molecule has 9 rings (SSSR count). The van der Waals surface area contributed by atoms with E-state index in [1.165, 1.54) is 96.8 Å². The maximum atomic E-state index is 13.8. The van der Waals surface area contributed by atoms with Crippen molar-refractivity contribution in [2.75, 3.05) is 52.4 Å². The molecule has 24 nitrogen and oxygen atoms in total. The van der Waals surface area contributed by atoms with E-state index in [4.69, 9.17) is 91.9 Å². The number of hydrogen-bond donors (Lipinski definition) is 22. The van der Waals surface area contributed by atoms with Gasteiger partial charge in [0.2, 0.25) is 0 Å². The third-order valence-corrected chi connectivity index (χ3v) is 14.1. The second kappa shape index (κ2) is 40.1. The highest BCUT2D eigenvalue weighted by Crippen LogP contribution is 2.46. The van der Waals surface area contributed by atoms with Gasteiger partial charge in [0, 0.05) is 101 Å². The van der Waals surface area contributed by atoms with Gasteiger partial charge < -0.3 is 113 Å². The molecule has 0 aliphatic carbocycles. The maximum Gasteiger partial charge on any atom is 0.402 e. The maximum absolute atomic E-state index is 13.8. The SMILES string of the molecule is C1CNCCNCCCNCCNC1.CC(c1ccc(C(O)O)cc1)(c1ccc(C(O)O)cc1)C(F)(F)F.OC(O)c1cc(C(O)O)cc(C(O)O)c1.OC(O)c1ccc(C(O)O)cc1.OC(O)c1ccc2cc(C(O)O)ccc2c1.c1cc(-c2ccncc2)ccn1. The van der Waals surface area contributed by atoms with Gasteiger partial charge in [-0.05, 0) is 134 Å². The molecule has 0 saturated carbocycles. The molecule has 1 saturated heterocycles. The fourth-order valence-electron chi connectivity index (χ4n) is 8.68. The van der Waals surface area contributed by atoms with Crippen LogP contribution in [0.2, 0.25) is 0 Å². The predicted molar refractivity (Wildman–Crippen MR) is 335 cm³/mol. The number of hydrogen-bond acceptors (Lipinski definition) is 24. The molecule has 0 atom stereocenters. The molecule has 3 heterocycles. The van der Waals surface area contributed by atoms with Gasteiger partial charge in [0.05, 0.1) is 0 Å². The van der Waals surface area contributed by atoms with E-state index in [1.807, 2.05) is 24.3 Å². The minimum absolute atomic E-state index is 0.0521. The lowest BCUT2D eigenvalue weighted by Gasteiger charge is -2.33. The Bertz CT molecular complexity index is 3060. The molecular weight excluding hydrogens is 1220 g/mol. The second-order valence-electron chi connectivity index (χ2n) is 20.9. The van der Waals surface area contributed by atoms with Crippen LogP contribution in [0.25, 0.3) is 21.9 Å². The van der Waals surface area contributed by atoms with E-state index >= 15 is 0 Å². The summed E-state index contributed by atoms with van der Waals surface area (Å²) in [5.74, 6) is 0. The molecule has 0 bridgehead atoms. The standard InChI is InChI=1S/C17H17F3O4.C12H12O4.C10H24N4.C10H8N2.C9H12O6.C8H10O4/c1-16(17(18,19)20,12-6-2-10(3-7-12)14(21)22)13-8-4-11(5-9-13)15(23)24;13-11(14)9-3-1-7-5-10(12(15)16)4-2-8(7)6-9;1-3-11-7-9-13-5-2-6-14-10-8-12-4-1;1-5-11-6-2-9(1)10-3-7-12-8-4-10;10-7(11)4-1-5(8(12)13)3-6(2-4)9(14)15;9-7(10)5-1-2-6(4-3-5)8(11)12/h2-9,14-15,21-24H,1H3;1-6,11-16H;11-14H,1-10H2;1-8H;1-3,7-15H;1-4,7-12H. The predicted octanol–water partition coefficient (Wildman–Crippen LogP) is 2.90. The number of aromatic nitrogens is 2. The van der Waals surface area contributed by atoms with Crippen molar-refractivity contribution in [3.8, 4) is 11.1 Å². The molecule has 1 fully saturated rings. The summed E-state index contributed by atoms with van der Waals surface area (Å²) in [5, 5.41) is 175. The van der Waals surface area contributed by atoms with Crippen LogP contribution in [0.15, 0.2) is 176 Å². The lowest BCUT2D eigenvalue weighted by atomic mass is 9.75. The lowest BCUT2D eigenvalue weighted by Crippen LogP contribution is -2.40. The highest BCUT2D eigenvalue weighted by molar-refractivity contribution is 5.84. The number of benzene rings is 6. The molecule has 22 N–H and O–H groups in total. The number of alkyl halides is 3. The van der Waals surface area contributed by atoms with Crippen LogP contribution in [-0.4, -0.2) is 160 Å². The Morgan fingerprint density at radius 1 is 0.290 bits per heavy atom. The molecule has 506 valence electrons. The second-order valence-corrected chi connectivity index (χ2v) is 20.9. The van der Waals surface area contributed by atoms with Gasteiger partial charge in [0.1, 0.15) is 5.41 Å². The highest BCUT2D eigenvalue weighted by atomic mass is 19.4. The van der Waals surface area contributed by atoms with Crippen molar-refractivity contribution in [3.63, 3.8) is 0 Å². The number of pyridine rings is 2. The molecule has 6 aromatic carbocycles. The van der Waals surface area contributed by atoms with Crippen LogP contribution in [-0.2, 0) is 5.41 Å². The van der Waals surface area contributed by atoms with Crippen LogP contribution in [0.1, 0.15) is 138 Å². The molecule has 1 aliphatic rings. The zero-order valence-corrected chi connectivity index (χ0v) is 50.6. The van der Waals surface area contributed by atoms with Crippen LogP contribution in [0.4, 0.5) is 13.2 Å². The zero-order chi connectivity index (χ0) is 68.7. The Hall–Kier alpha value is -7.21. The van der Waals surface area contributed by atoms with E-state index < -0.39 is 68.2 Å². The summed E-state index contributed by atoms with van der Waals surface area (Å²) < 4.78 is 41.4. The third kappa shape index (κ3) is 26.6. The molecule has 1 aliphatic heterocycles. The average molecular weight is 1310 g/mol. The molecule has 0 spiro atoms. The summed E-state index contributed by atoms with van der Waals surface area (Å²) in [7, 11) is 0. The van der Waals surface area contributed by atoms with E-state index in [9.17, 15) is 13.2 Å². The number of nitrogens with zero attached hydrogens (tertiary/aromatic N) is 2. The molecular formula is C66H83F3N6O18. The van der Waals surface area contributed by atoms with Gasteiger partial charge in [0.25, 0.3) is 0 Å². The van der Waals surface area contributed by atoms with Crippen LogP contribution >= 0.6 is 0 Å². The fourth-order valence-corrected chi connectivity index (χ4v) is 8.68. The highest BCUT2D eigenvalue weighted by Gasteiger charge is 2.53. The molecule has 2 aromatic heterocycles. The number of fused-ring (bicyclic) bond motifs is 1. The number of halogens is 3. The van der Waals surface area contributed by atoms with Gasteiger partial charge in [0.15, 0.2) is 56.6 Å². The summed E-state index contributed by atoms with van der Waals surface area (Å²) in [4.78, 5) is 7.91. The zero-order valence-electron chi connectivity index (χ0n) is 50.6. The molecule has 0 radical (unpaired) electrons. The van der Waals surface area contributed by atoms with Crippen molar-refractivity contribution in [3.05, 3.63) is 238 Å². The largest absolute Gasteiger partial charge is 0.402 e. The molecule has 0 unspecified atom stereocenters. The van der Waals surface area contributed by atoms with E-state index in [0.717, 1.165) is 88.3 Å². The van der Waals surface area contributed by atoms with Crippen molar-refractivity contribution in [2.24, 2.45) is 0 Å². The summed E-state index contributed by atoms with van der Waals surface area (Å²) >= 11 is 0. The Balaban J connectivity index is 0.000000242. The normalized spacial score (nSPS) is 13.5. The van der Waals surface area contributed by atoms with Crippen LogP contribution in [0.5, 0.6) is 0 Å². The van der Waals surface area contributed by atoms with E-state index in [0.29, 0.717) is 22.3 Å². The van der Waals surface area contributed by atoms with Crippen molar-refractivity contribution < 1.29 is 105 Å². The third-order valence-electron chi connectivity index (χ3n) is 14.1. The lowest BCUT2D eigenvalue weighted by molar-refractivity contribution is -0.173. The average Bonchev–Trinajstić information content (AvgIpc) is 0.813. The topological polar surface area (TPSA) is 438 Å². The molecule has 8 aromatic rings. The van der Waals surface area contributed by atoms with E-state index in [2.05, 4.69) is 31.2 Å². The first-order valence-electron chi connectivity index (χ1n) is 29.1. The number of aliphatic hydroxyl groups is 18. The number of nitrogens with one attached hydrogen (secondary N) is 4. The smallest absolute Gasteiger partial charge is 0.364 e. The van der Waals surface area contributed by atoms with Crippen molar-refractivity contribution >= 4 is 10.8 Å². The Labute approximate surface area is 534 Å². The quantitative estimate of drug-likeness (QED) is 0.0782. The monoisotopic (exact) mass is 1300 g/mol. The Kier molecular flexibility index (Phi) is 33.8. The fraction of sp³-hybridized carbons (Fsp3) is 0.333. The minimum Gasteiger partial charge on any atom is -0.364 e. The number of rotatable bonds is 12. The molecule has 93 heavy (non-hydrogen) atoms. The summed E-state index contributed by atoms with van der Waals surface area (Å²) in [6.07, 6.45) is -10.0. The van der Waals surface area contributed by atoms with Gasteiger partial charge in [-0.3, -0.25) is 9.97 Å². The first kappa shape index (κ1) is 78.2. The summed E-state index contributed by atoms with van der Waals surface area (Å²) in [5.41, 5.74) is 1.33. The van der Waals surface area contributed by atoms with Gasteiger partial charge in [-0.15, -0.1) is 0 Å². The van der Waals surface area contributed by atoms with Gasteiger partial charge in [-0.25, -0.2) is 0 Å². The van der Waals surface area contributed by atoms with Crippen LogP contribution in [0, 0.1) is 0 Å². The molecule has 27 heteroatoms. The van der Waals surface area contributed by atoms with Gasteiger partial charge in [-0.1, -0.05) is 97.1 Å². The van der Waals surface area contributed by atoms with Crippen LogP contribution < -0.4 is 21.3 Å². The van der Waals surface area contributed by atoms with E-state index in [1.54, 1.807) is 61.2 Å². The number of aliphatic hydroxyl groups excluding tert-OH is 9. The first-order valence-corrected chi connectivity index (χ1v) is 29.1. The first-order chi connectivity index (χ1) is 44.1. The van der Waals surface area contributed by atoms with Crippen molar-refractivity contribution in [2.45, 2.75) is 88.0 Å². The minimum atomic E-state index is -4.62. The van der Waals surface area contributed by atoms with Crippen LogP contribution in [0.3, 0.4) is 0 Å². The van der Waals surface area contributed by atoms with Gasteiger partial charge in [-0.2, -0.15) is 13.2 Å². The van der Waals surface area contributed by atoms with Gasteiger partial charge >= 0.3 is 6.18 Å². The van der Waals surface area contributed by atoms with Crippen molar-refractivity contribution in [1.29, 1.82) is 0 Å².